The highest BCUT2D eigenvalue weighted by molar-refractivity contribution is 6.01. The third-order valence-electron chi connectivity index (χ3n) is 3.47. The average Bonchev–Trinajstić information content (AvgIpc) is 2.85. The second-order valence-electron chi connectivity index (χ2n) is 5.13. The summed E-state index contributed by atoms with van der Waals surface area (Å²) in [5.41, 5.74) is 6.95. The van der Waals surface area contributed by atoms with E-state index in [0.29, 0.717) is 13.0 Å². The predicted octanol–water partition coefficient (Wildman–Crippen LogP) is 0.556. The number of amides is 4. The molecular formula is C15H21ClN4O3. The zero-order chi connectivity index (χ0) is 15.9. The lowest BCUT2D eigenvalue weighted by molar-refractivity contribution is -0.126. The lowest BCUT2D eigenvalue weighted by Crippen LogP contribution is -2.34. The van der Waals surface area contributed by atoms with Crippen molar-refractivity contribution in [1.29, 1.82) is 0 Å². The molecule has 1 heterocycles. The lowest BCUT2D eigenvalue weighted by atomic mass is 10.1. The van der Waals surface area contributed by atoms with Crippen LogP contribution in [0.25, 0.3) is 0 Å². The van der Waals surface area contributed by atoms with Crippen LogP contribution in [0.15, 0.2) is 30.3 Å². The molecule has 0 radical (unpaired) electrons. The summed E-state index contributed by atoms with van der Waals surface area (Å²) in [6.45, 7) is 0.645. The Labute approximate surface area is 141 Å². The minimum Gasteiger partial charge on any atom is -0.354 e. The maximum absolute atomic E-state index is 11.7. The molecular weight excluding hydrogens is 320 g/mol. The largest absolute Gasteiger partial charge is 0.354 e. The Morgan fingerprint density at radius 2 is 2.00 bits per heavy atom. The number of carbonyl (C=O) groups excluding carboxylic acids is 3. The van der Waals surface area contributed by atoms with E-state index in [1.807, 2.05) is 30.3 Å². The maximum Gasteiger partial charge on any atom is 0.324 e. The summed E-state index contributed by atoms with van der Waals surface area (Å²) in [4.78, 5) is 35.5. The summed E-state index contributed by atoms with van der Waals surface area (Å²) < 4.78 is 0. The quantitative estimate of drug-likeness (QED) is 0.631. The van der Waals surface area contributed by atoms with Crippen molar-refractivity contribution < 1.29 is 14.4 Å². The smallest absolute Gasteiger partial charge is 0.324 e. The number of carbonyl (C=O) groups is 3. The molecule has 0 bridgehead atoms. The molecule has 1 aliphatic rings. The molecule has 1 atom stereocenters. The molecule has 0 saturated carbocycles. The highest BCUT2D eigenvalue weighted by atomic mass is 35.5. The molecule has 2 rings (SSSR count). The van der Waals surface area contributed by atoms with Crippen LogP contribution in [-0.2, 0) is 9.59 Å². The number of nitrogens with zero attached hydrogens (tertiary/aromatic N) is 1. The SMILES string of the molecule is Cl.NC(CNC(=O)CCCN1C(=O)CNC1=O)c1ccccc1. The number of nitrogens with one attached hydrogen (secondary N) is 2. The third kappa shape index (κ3) is 5.54. The Morgan fingerprint density at radius 1 is 1.30 bits per heavy atom. The summed E-state index contributed by atoms with van der Waals surface area (Å²) in [7, 11) is 0. The molecule has 7 nitrogen and oxygen atoms in total. The third-order valence-corrected chi connectivity index (χ3v) is 3.47. The molecule has 23 heavy (non-hydrogen) atoms. The highest BCUT2D eigenvalue weighted by Gasteiger charge is 2.27. The van der Waals surface area contributed by atoms with Gasteiger partial charge in [0.1, 0.15) is 0 Å². The molecule has 126 valence electrons. The van der Waals surface area contributed by atoms with Crippen molar-refractivity contribution in [2.24, 2.45) is 5.73 Å². The monoisotopic (exact) mass is 340 g/mol. The van der Waals surface area contributed by atoms with Gasteiger partial charge in [-0.1, -0.05) is 30.3 Å². The Kier molecular flexibility index (Phi) is 7.50. The summed E-state index contributed by atoms with van der Waals surface area (Å²) in [6, 6.07) is 8.88. The van der Waals surface area contributed by atoms with Gasteiger partial charge < -0.3 is 16.4 Å². The van der Waals surface area contributed by atoms with Crippen molar-refractivity contribution in [3.63, 3.8) is 0 Å². The second kappa shape index (κ2) is 9.12. The summed E-state index contributed by atoms with van der Waals surface area (Å²) in [5.74, 6) is -0.394. The molecule has 8 heteroatoms. The molecule has 0 spiro atoms. The van der Waals surface area contributed by atoms with Crippen LogP contribution in [0.5, 0.6) is 0 Å². The molecule has 1 aliphatic heterocycles. The van der Waals surface area contributed by atoms with Gasteiger partial charge in [0.2, 0.25) is 11.8 Å². The van der Waals surface area contributed by atoms with E-state index in [-0.39, 0.29) is 49.8 Å². The molecule has 1 unspecified atom stereocenters. The number of benzene rings is 1. The summed E-state index contributed by atoms with van der Waals surface area (Å²) in [5, 5.41) is 5.20. The van der Waals surface area contributed by atoms with Crippen LogP contribution >= 0.6 is 12.4 Å². The zero-order valence-corrected chi connectivity index (χ0v) is 13.5. The Bertz CT molecular complexity index is 537. The van der Waals surface area contributed by atoms with Crippen LogP contribution in [0.1, 0.15) is 24.4 Å². The van der Waals surface area contributed by atoms with Crippen molar-refractivity contribution in [3.8, 4) is 0 Å². The van der Waals surface area contributed by atoms with Crippen molar-refractivity contribution in [2.75, 3.05) is 19.6 Å². The first-order chi connectivity index (χ1) is 10.6. The molecule has 1 aromatic rings. The number of hydrogen-bond acceptors (Lipinski definition) is 4. The van der Waals surface area contributed by atoms with E-state index in [1.165, 1.54) is 0 Å². The van der Waals surface area contributed by atoms with Gasteiger partial charge in [-0.05, 0) is 12.0 Å². The number of rotatable bonds is 7. The first kappa shape index (κ1) is 18.9. The number of imide groups is 1. The zero-order valence-electron chi connectivity index (χ0n) is 12.7. The lowest BCUT2D eigenvalue weighted by Gasteiger charge is -2.14. The molecule has 1 saturated heterocycles. The summed E-state index contributed by atoms with van der Waals surface area (Å²) >= 11 is 0. The van der Waals surface area contributed by atoms with Crippen molar-refractivity contribution in [3.05, 3.63) is 35.9 Å². The van der Waals surface area contributed by atoms with Gasteiger partial charge in [-0.25, -0.2) is 4.79 Å². The minimum absolute atomic E-state index is 0. The fourth-order valence-corrected chi connectivity index (χ4v) is 2.21. The van der Waals surface area contributed by atoms with Gasteiger partial charge in [0.15, 0.2) is 0 Å². The fourth-order valence-electron chi connectivity index (χ4n) is 2.21. The van der Waals surface area contributed by atoms with Crippen LogP contribution in [0.2, 0.25) is 0 Å². The van der Waals surface area contributed by atoms with Gasteiger partial charge >= 0.3 is 6.03 Å². The van der Waals surface area contributed by atoms with Gasteiger partial charge in [0.05, 0.1) is 6.54 Å². The highest BCUT2D eigenvalue weighted by Crippen LogP contribution is 2.08. The Morgan fingerprint density at radius 3 is 2.61 bits per heavy atom. The van der Waals surface area contributed by atoms with E-state index in [4.69, 9.17) is 5.73 Å². The first-order valence-corrected chi connectivity index (χ1v) is 7.23. The topological polar surface area (TPSA) is 105 Å². The molecule has 1 fully saturated rings. The van der Waals surface area contributed by atoms with E-state index < -0.39 is 6.03 Å². The molecule has 1 aromatic carbocycles. The second-order valence-corrected chi connectivity index (χ2v) is 5.13. The summed E-state index contributed by atoms with van der Waals surface area (Å²) in [6.07, 6.45) is 0.685. The van der Waals surface area contributed by atoms with E-state index in [2.05, 4.69) is 10.6 Å². The predicted molar refractivity (Wildman–Crippen MR) is 88.0 cm³/mol. The number of halogens is 1. The van der Waals surface area contributed by atoms with Crippen molar-refractivity contribution >= 4 is 30.3 Å². The van der Waals surface area contributed by atoms with Crippen LogP contribution in [-0.4, -0.2) is 42.4 Å². The van der Waals surface area contributed by atoms with E-state index in [9.17, 15) is 14.4 Å². The average molecular weight is 341 g/mol. The van der Waals surface area contributed by atoms with Gasteiger partial charge in [0.25, 0.3) is 0 Å². The van der Waals surface area contributed by atoms with Gasteiger partial charge in [0, 0.05) is 25.6 Å². The molecule has 4 amide bonds. The molecule has 0 aromatic heterocycles. The van der Waals surface area contributed by atoms with E-state index in [0.717, 1.165) is 10.5 Å². The normalized spacial score (nSPS) is 14.9. The number of urea groups is 1. The van der Waals surface area contributed by atoms with Crippen molar-refractivity contribution in [1.82, 2.24) is 15.5 Å². The van der Waals surface area contributed by atoms with Crippen molar-refractivity contribution in [2.45, 2.75) is 18.9 Å². The van der Waals surface area contributed by atoms with Crippen LogP contribution in [0.4, 0.5) is 4.79 Å². The van der Waals surface area contributed by atoms with Gasteiger partial charge in [-0.2, -0.15) is 0 Å². The minimum atomic E-state index is -0.392. The van der Waals surface area contributed by atoms with Crippen LogP contribution < -0.4 is 16.4 Å². The van der Waals surface area contributed by atoms with Crippen LogP contribution in [0, 0.1) is 0 Å². The number of hydrogen-bond donors (Lipinski definition) is 3. The van der Waals surface area contributed by atoms with Gasteiger partial charge in [-0.15, -0.1) is 12.4 Å². The Hall–Kier alpha value is -2.12. The van der Waals surface area contributed by atoms with Crippen LogP contribution in [0.3, 0.4) is 0 Å². The van der Waals surface area contributed by atoms with Gasteiger partial charge in [-0.3, -0.25) is 14.5 Å². The number of nitrogens with two attached hydrogens (primary N) is 1. The Balaban J connectivity index is 0.00000264. The van der Waals surface area contributed by atoms with E-state index >= 15 is 0 Å². The molecule has 0 aliphatic carbocycles. The first-order valence-electron chi connectivity index (χ1n) is 7.23. The standard InChI is InChI=1S/C15H20N4O3.ClH/c16-12(11-5-2-1-3-6-11)9-17-13(20)7-4-8-19-14(21)10-18-15(19)22;/h1-3,5-6,12H,4,7-10,16H2,(H,17,20)(H,18,22);1H. The maximum atomic E-state index is 11.7. The van der Waals surface area contributed by atoms with E-state index in [1.54, 1.807) is 0 Å². The fraction of sp³-hybridized carbons (Fsp3) is 0.400. The molecule has 4 N–H and O–H groups in total.